The molecule has 2 aliphatic rings. The van der Waals surface area contributed by atoms with Crippen LogP contribution in [0.5, 0.6) is 5.75 Å². The van der Waals surface area contributed by atoms with Crippen LogP contribution in [-0.4, -0.2) is 61.7 Å². The molecule has 2 aliphatic heterocycles. The number of benzene rings is 2. The van der Waals surface area contributed by atoms with E-state index in [1.54, 1.807) is 23.1 Å². The molecular formula is C26H27BrN2O5. The standard InChI is InChI=1S/C26H27BrN2O5/c1-2-33-19-7-4-17(5-8-19)23-22-24(30)20-16-18(27)6-9-21(20)34-25(22)26(31)29(23)11-3-10-28-12-14-32-15-13-28/h4-9,16,23H,2-3,10-15H2,1H3. The quantitative estimate of drug-likeness (QED) is 0.458. The van der Waals surface area contributed by atoms with Gasteiger partial charge in [-0.05, 0) is 49.2 Å². The molecule has 8 heteroatoms. The zero-order valence-corrected chi connectivity index (χ0v) is 20.7. The number of carbonyl (C=O) groups excluding carboxylic acids is 1. The highest BCUT2D eigenvalue weighted by molar-refractivity contribution is 9.10. The Bertz CT molecular complexity index is 1250. The number of hydrogen-bond acceptors (Lipinski definition) is 6. The predicted molar refractivity (Wildman–Crippen MR) is 133 cm³/mol. The van der Waals surface area contributed by atoms with Crippen molar-refractivity contribution in [3.63, 3.8) is 0 Å². The average molecular weight is 527 g/mol. The second-order valence-corrected chi connectivity index (χ2v) is 9.44. The number of halogens is 1. The van der Waals surface area contributed by atoms with Crippen LogP contribution in [0.1, 0.15) is 41.1 Å². The number of fused-ring (bicyclic) bond motifs is 2. The topological polar surface area (TPSA) is 72.2 Å². The van der Waals surface area contributed by atoms with Gasteiger partial charge in [-0.3, -0.25) is 14.5 Å². The van der Waals surface area contributed by atoms with E-state index in [1.807, 2.05) is 31.2 Å². The van der Waals surface area contributed by atoms with Gasteiger partial charge in [-0.2, -0.15) is 0 Å². The summed E-state index contributed by atoms with van der Waals surface area (Å²) in [6.45, 7) is 7.18. The molecule has 1 fully saturated rings. The molecule has 178 valence electrons. The molecule has 3 heterocycles. The molecule has 5 rings (SSSR count). The van der Waals surface area contributed by atoms with E-state index in [0.29, 0.717) is 29.7 Å². The van der Waals surface area contributed by atoms with E-state index >= 15 is 0 Å². The summed E-state index contributed by atoms with van der Waals surface area (Å²) in [7, 11) is 0. The van der Waals surface area contributed by atoms with E-state index in [-0.39, 0.29) is 17.1 Å². The molecule has 0 radical (unpaired) electrons. The fourth-order valence-corrected chi connectivity index (χ4v) is 5.13. The Morgan fingerprint density at radius 1 is 1.06 bits per heavy atom. The van der Waals surface area contributed by atoms with Crippen molar-refractivity contribution in [2.24, 2.45) is 0 Å². The van der Waals surface area contributed by atoms with Gasteiger partial charge in [0.15, 0.2) is 5.43 Å². The van der Waals surface area contributed by atoms with Crippen LogP contribution < -0.4 is 10.2 Å². The minimum atomic E-state index is -0.498. The van der Waals surface area contributed by atoms with Crippen molar-refractivity contribution in [3.05, 3.63) is 74.0 Å². The zero-order valence-electron chi connectivity index (χ0n) is 19.1. The first-order chi connectivity index (χ1) is 16.6. The molecule has 1 aromatic heterocycles. The van der Waals surface area contributed by atoms with Crippen LogP contribution in [0.4, 0.5) is 0 Å². The van der Waals surface area contributed by atoms with E-state index in [2.05, 4.69) is 20.8 Å². The normalized spacial score (nSPS) is 18.5. The molecule has 1 atom stereocenters. The Morgan fingerprint density at radius 2 is 1.82 bits per heavy atom. The van der Waals surface area contributed by atoms with Crippen molar-refractivity contribution < 1.29 is 18.7 Å². The number of amides is 1. The van der Waals surface area contributed by atoms with Crippen LogP contribution in [0.2, 0.25) is 0 Å². The Kier molecular flexibility index (Phi) is 6.72. The van der Waals surface area contributed by atoms with Crippen molar-refractivity contribution in [1.29, 1.82) is 0 Å². The molecule has 1 amide bonds. The summed E-state index contributed by atoms with van der Waals surface area (Å²) < 4.78 is 17.8. The van der Waals surface area contributed by atoms with Crippen molar-refractivity contribution in [3.8, 4) is 5.75 Å². The minimum absolute atomic E-state index is 0.144. The summed E-state index contributed by atoms with van der Waals surface area (Å²) in [5.41, 5.74) is 1.52. The van der Waals surface area contributed by atoms with Crippen LogP contribution >= 0.6 is 15.9 Å². The van der Waals surface area contributed by atoms with Gasteiger partial charge >= 0.3 is 0 Å². The van der Waals surface area contributed by atoms with E-state index in [4.69, 9.17) is 13.9 Å². The molecule has 1 unspecified atom stereocenters. The third-order valence-electron chi connectivity index (χ3n) is 6.41. The molecule has 2 aromatic carbocycles. The molecule has 34 heavy (non-hydrogen) atoms. The average Bonchev–Trinajstić information content (AvgIpc) is 3.13. The van der Waals surface area contributed by atoms with Crippen molar-refractivity contribution in [2.75, 3.05) is 46.0 Å². The fourth-order valence-electron chi connectivity index (χ4n) is 4.77. The van der Waals surface area contributed by atoms with Gasteiger partial charge in [-0.15, -0.1) is 0 Å². The molecule has 0 aliphatic carbocycles. The van der Waals surface area contributed by atoms with Gasteiger partial charge in [0.25, 0.3) is 5.91 Å². The Labute approximate surface area is 206 Å². The molecular weight excluding hydrogens is 500 g/mol. The fraction of sp³-hybridized carbons (Fsp3) is 0.385. The second-order valence-electron chi connectivity index (χ2n) is 8.53. The molecule has 0 bridgehead atoms. The van der Waals surface area contributed by atoms with Crippen LogP contribution in [-0.2, 0) is 4.74 Å². The summed E-state index contributed by atoms with van der Waals surface area (Å²) in [5.74, 6) is 0.659. The first-order valence-electron chi connectivity index (χ1n) is 11.7. The molecule has 1 saturated heterocycles. The second kappa shape index (κ2) is 9.90. The SMILES string of the molecule is CCOc1ccc(C2c3c(oc4ccc(Br)cc4c3=O)C(=O)N2CCCN2CCOCC2)cc1. The number of nitrogens with zero attached hydrogens (tertiary/aromatic N) is 2. The lowest BCUT2D eigenvalue weighted by molar-refractivity contribution is 0.0353. The minimum Gasteiger partial charge on any atom is -0.494 e. The van der Waals surface area contributed by atoms with Crippen LogP contribution in [0.3, 0.4) is 0 Å². The molecule has 3 aromatic rings. The van der Waals surface area contributed by atoms with Crippen molar-refractivity contribution in [1.82, 2.24) is 9.80 Å². The predicted octanol–water partition coefficient (Wildman–Crippen LogP) is 4.22. The Morgan fingerprint density at radius 3 is 2.56 bits per heavy atom. The lowest BCUT2D eigenvalue weighted by Crippen LogP contribution is -2.38. The lowest BCUT2D eigenvalue weighted by atomic mass is 9.98. The maximum Gasteiger partial charge on any atom is 0.290 e. The monoisotopic (exact) mass is 526 g/mol. The molecule has 7 nitrogen and oxygen atoms in total. The van der Waals surface area contributed by atoms with E-state index in [0.717, 1.165) is 55.1 Å². The van der Waals surface area contributed by atoms with Crippen LogP contribution in [0.25, 0.3) is 11.0 Å². The highest BCUT2D eigenvalue weighted by Gasteiger charge is 2.42. The number of morpholine rings is 1. The largest absolute Gasteiger partial charge is 0.494 e. The number of hydrogen-bond donors (Lipinski definition) is 0. The third-order valence-corrected chi connectivity index (χ3v) is 6.90. The summed E-state index contributed by atoms with van der Waals surface area (Å²) in [4.78, 5) is 31.3. The van der Waals surface area contributed by atoms with Crippen LogP contribution in [0, 0.1) is 0 Å². The summed E-state index contributed by atoms with van der Waals surface area (Å²) in [5, 5.41) is 0.465. The van der Waals surface area contributed by atoms with Gasteiger partial charge in [-0.1, -0.05) is 28.1 Å². The van der Waals surface area contributed by atoms with E-state index < -0.39 is 6.04 Å². The summed E-state index contributed by atoms with van der Waals surface area (Å²) >= 11 is 3.44. The first kappa shape index (κ1) is 23.1. The van der Waals surface area contributed by atoms with Gasteiger partial charge in [0, 0.05) is 30.7 Å². The maximum atomic E-state index is 13.6. The zero-order chi connectivity index (χ0) is 23.7. The highest BCUT2D eigenvalue weighted by atomic mass is 79.9. The van der Waals surface area contributed by atoms with Gasteiger partial charge < -0.3 is 18.8 Å². The van der Waals surface area contributed by atoms with Crippen molar-refractivity contribution >= 4 is 32.8 Å². The van der Waals surface area contributed by atoms with Gasteiger partial charge in [0.05, 0.1) is 36.8 Å². The Hall–Kier alpha value is -2.68. The number of rotatable bonds is 7. The lowest BCUT2D eigenvalue weighted by Gasteiger charge is -2.29. The number of carbonyl (C=O) groups is 1. The van der Waals surface area contributed by atoms with Crippen molar-refractivity contribution in [2.45, 2.75) is 19.4 Å². The van der Waals surface area contributed by atoms with E-state index in [9.17, 15) is 9.59 Å². The maximum absolute atomic E-state index is 13.6. The van der Waals surface area contributed by atoms with Gasteiger partial charge in [0.2, 0.25) is 5.76 Å². The smallest absolute Gasteiger partial charge is 0.290 e. The third kappa shape index (κ3) is 4.37. The first-order valence-corrected chi connectivity index (χ1v) is 12.5. The molecule has 0 spiro atoms. The summed E-state index contributed by atoms with van der Waals surface area (Å²) in [6, 6.07) is 12.4. The van der Waals surface area contributed by atoms with Gasteiger partial charge in [0.1, 0.15) is 11.3 Å². The summed E-state index contributed by atoms with van der Waals surface area (Å²) in [6.07, 6.45) is 0.798. The highest BCUT2D eigenvalue weighted by Crippen LogP contribution is 2.39. The van der Waals surface area contributed by atoms with Crippen LogP contribution in [0.15, 0.2) is 56.1 Å². The van der Waals surface area contributed by atoms with E-state index in [1.165, 1.54) is 0 Å². The molecule has 0 saturated carbocycles. The number of ether oxygens (including phenoxy) is 2. The van der Waals surface area contributed by atoms with Gasteiger partial charge in [-0.25, -0.2) is 0 Å². The molecule has 0 N–H and O–H groups in total. The Balaban J connectivity index is 1.52.